The van der Waals surface area contributed by atoms with Crippen molar-refractivity contribution >= 4 is 16.0 Å². The van der Waals surface area contributed by atoms with Crippen LogP contribution in [0.1, 0.15) is 42.6 Å². The second-order valence-corrected chi connectivity index (χ2v) is 10.7. The number of piperidine rings is 1. The minimum atomic E-state index is -3.72. The predicted molar refractivity (Wildman–Crippen MR) is 146 cm³/mol. The van der Waals surface area contributed by atoms with Gasteiger partial charge in [-0.25, -0.2) is 0 Å². The average Bonchev–Trinajstić information content (AvgIpc) is 3.41. The Labute approximate surface area is 224 Å². The van der Waals surface area contributed by atoms with E-state index in [4.69, 9.17) is 13.7 Å². The van der Waals surface area contributed by atoms with E-state index in [0.29, 0.717) is 36.8 Å². The molecule has 0 spiro atoms. The summed E-state index contributed by atoms with van der Waals surface area (Å²) >= 11 is 0. The summed E-state index contributed by atoms with van der Waals surface area (Å²) in [4.78, 5) is 15.7. The van der Waals surface area contributed by atoms with Gasteiger partial charge >= 0.3 is 10.1 Å². The lowest BCUT2D eigenvalue weighted by atomic mass is 10.0. The highest BCUT2D eigenvalue weighted by Crippen LogP contribution is 2.36. The van der Waals surface area contributed by atoms with Gasteiger partial charge in [0.2, 0.25) is 0 Å². The summed E-state index contributed by atoms with van der Waals surface area (Å²) in [5.74, 6) is 1.26. The Kier molecular flexibility index (Phi) is 8.96. The molecule has 1 aliphatic heterocycles. The minimum Gasteiger partial charge on any atom is -0.492 e. The van der Waals surface area contributed by atoms with Gasteiger partial charge in [0, 0.05) is 30.5 Å². The zero-order valence-electron chi connectivity index (χ0n) is 22.1. The number of carbonyl (C=O) groups excluding carboxylic acids is 1. The number of nitrogens with one attached hydrogen (secondary N) is 1. The summed E-state index contributed by atoms with van der Waals surface area (Å²) in [5.41, 5.74) is 2.06. The smallest absolute Gasteiger partial charge is 0.306 e. The van der Waals surface area contributed by atoms with Gasteiger partial charge in [-0.2, -0.15) is 8.42 Å². The highest BCUT2D eigenvalue weighted by atomic mass is 32.2. The van der Waals surface area contributed by atoms with E-state index in [0.717, 1.165) is 43.4 Å². The van der Waals surface area contributed by atoms with Crippen LogP contribution in [0, 0.1) is 0 Å². The van der Waals surface area contributed by atoms with Crippen LogP contribution in [-0.2, 0) is 16.7 Å². The molecule has 10 heteroatoms. The molecule has 204 valence electrons. The largest absolute Gasteiger partial charge is 0.492 e. The van der Waals surface area contributed by atoms with E-state index in [1.165, 1.54) is 12.1 Å². The molecule has 0 atom stereocenters. The van der Waals surface area contributed by atoms with Crippen LogP contribution in [0.5, 0.6) is 17.2 Å². The lowest BCUT2D eigenvalue weighted by molar-refractivity contribution is 0.0622. The van der Waals surface area contributed by atoms with Gasteiger partial charge in [0.15, 0.2) is 0 Å². The van der Waals surface area contributed by atoms with E-state index >= 15 is 0 Å². The molecule has 0 aliphatic carbocycles. The molecule has 1 N–H and O–H groups in total. The zero-order valence-corrected chi connectivity index (χ0v) is 22.9. The van der Waals surface area contributed by atoms with Gasteiger partial charge in [0.25, 0.3) is 5.91 Å². The average molecular weight is 542 g/mol. The zero-order chi connectivity index (χ0) is 27.1. The van der Waals surface area contributed by atoms with Crippen LogP contribution >= 0.6 is 0 Å². The van der Waals surface area contributed by atoms with Crippen molar-refractivity contribution in [2.45, 2.75) is 39.3 Å². The lowest BCUT2D eigenvalue weighted by Crippen LogP contribution is -2.45. The number of carbonyl (C=O) groups is 1. The van der Waals surface area contributed by atoms with Crippen molar-refractivity contribution in [1.82, 2.24) is 14.8 Å². The van der Waals surface area contributed by atoms with Crippen molar-refractivity contribution in [2.24, 2.45) is 0 Å². The molecule has 1 saturated heterocycles. The van der Waals surface area contributed by atoms with Gasteiger partial charge in [-0.1, -0.05) is 6.07 Å². The molecule has 38 heavy (non-hydrogen) atoms. The Morgan fingerprint density at radius 1 is 1.00 bits per heavy atom. The summed E-state index contributed by atoms with van der Waals surface area (Å²) in [6.07, 6.45) is 6.48. The molecule has 2 heterocycles. The third kappa shape index (κ3) is 6.87. The van der Waals surface area contributed by atoms with Crippen LogP contribution in [0.4, 0.5) is 0 Å². The number of amides is 1. The Hall–Kier alpha value is -3.50. The number of ether oxygens (including phenoxy) is 2. The van der Waals surface area contributed by atoms with Crippen LogP contribution in [0.25, 0.3) is 5.69 Å². The molecule has 0 saturated carbocycles. The molecule has 9 nitrogen and oxygen atoms in total. The van der Waals surface area contributed by atoms with E-state index in [2.05, 4.69) is 5.32 Å². The van der Waals surface area contributed by atoms with E-state index in [1.807, 2.05) is 60.0 Å². The molecular formula is C28H35N3O6S. The summed E-state index contributed by atoms with van der Waals surface area (Å²) in [5, 5.41) is 3.35. The topological polar surface area (TPSA) is 99.1 Å². The number of rotatable bonds is 11. The van der Waals surface area contributed by atoms with Crippen molar-refractivity contribution in [3.05, 3.63) is 72.1 Å². The third-order valence-corrected chi connectivity index (χ3v) is 6.75. The van der Waals surface area contributed by atoms with Gasteiger partial charge in [-0.15, -0.1) is 0 Å². The highest BCUT2D eigenvalue weighted by molar-refractivity contribution is 7.86. The van der Waals surface area contributed by atoms with Crippen molar-refractivity contribution in [1.29, 1.82) is 0 Å². The summed E-state index contributed by atoms with van der Waals surface area (Å²) in [7, 11) is -3.72. The molecule has 1 aromatic heterocycles. The molecule has 3 aromatic rings. The summed E-state index contributed by atoms with van der Waals surface area (Å²) < 4.78 is 42.3. The van der Waals surface area contributed by atoms with Crippen molar-refractivity contribution in [2.75, 3.05) is 32.6 Å². The van der Waals surface area contributed by atoms with E-state index in [-0.39, 0.29) is 17.7 Å². The molecule has 0 unspecified atom stereocenters. The van der Waals surface area contributed by atoms with Gasteiger partial charge in [-0.3, -0.25) is 4.79 Å². The second kappa shape index (κ2) is 12.4. The molecule has 1 aliphatic rings. The summed E-state index contributed by atoms with van der Waals surface area (Å²) in [6.45, 7) is 6.79. The molecule has 0 bridgehead atoms. The maximum Gasteiger partial charge on any atom is 0.306 e. The predicted octanol–water partition coefficient (Wildman–Crippen LogP) is 4.01. The number of hydrogen-bond acceptors (Lipinski definition) is 7. The quantitative estimate of drug-likeness (QED) is 0.366. The SMILES string of the molecule is CCOc1cc(CN(C(=O)c2cccc(OS(C)(=O)=O)c2)C2CCNCC2)cc(OCC)c1-n1cccc1. The van der Waals surface area contributed by atoms with Gasteiger partial charge in [0.05, 0.1) is 19.5 Å². The van der Waals surface area contributed by atoms with E-state index < -0.39 is 10.1 Å². The Morgan fingerprint density at radius 3 is 2.21 bits per heavy atom. The lowest BCUT2D eigenvalue weighted by Gasteiger charge is -2.35. The van der Waals surface area contributed by atoms with Gasteiger partial charge < -0.3 is 28.4 Å². The first-order valence-electron chi connectivity index (χ1n) is 12.9. The van der Waals surface area contributed by atoms with Gasteiger partial charge in [0.1, 0.15) is 22.9 Å². The minimum absolute atomic E-state index is 0.0124. The molecule has 4 rings (SSSR count). The number of hydrogen-bond donors (Lipinski definition) is 1. The summed E-state index contributed by atoms with van der Waals surface area (Å²) in [6, 6.07) is 14.1. The first-order chi connectivity index (χ1) is 18.3. The van der Waals surface area contributed by atoms with Crippen molar-refractivity contribution in [3.63, 3.8) is 0 Å². The molecule has 1 fully saturated rings. The van der Waals surface area contributed by atoms with Crippen LogP contribution in [0.15, 0.2) is 60.9 Å². The maximum absolute atomic E-state index is 13.9. The molecular weight excluding hydrogens is 506 g/mol. The van der Waals surface area contributed by atoms with Crippen molar-refractivity contribution < 1.29 is 26.9 Å². The maximum atomic E-state index is 13.9. The third-order valence-electron chi connectivity index (χ3n) is 6.25. The fourth-order valence-electron chi connectivity index (χ4n) is 4.70. The number of nitrogens with zero attached hydrogens (tertiary/aromatic N) is 2. The normalized spacial score (nSPS) is 14.2. The van der Waals surface area contributed by atoms with Crippen LogP contribution < -0.4 is 19.0 Å². The molecule has 1 amide bonds. The van der Waals surface area contributed by atoms with E-state index in [9.17, 15) is 13.2 Å². The van der Waals surface area contributed by atoms with E-state index in [1.54, 1.807) is 12.1 Å². The molecule has 2 aromatic carbocycles. The Balaban J connectivity index is 1.72. The fraction of sp³-hybridized carbons (Fsp3) is 0.393. The first-order valence-corrected chi connectivity index (χ1v) is 14.7. The first kappa shape index (κ1) is 27.5. The van der Waals surface area contributed by atoms with Crippen LogP contribution in [-0.4, -0.2) is 62.4 Å². The van der Waals surface area contributed by atoms with Crippen LogP contribution in [0.3, 0.4) is 0 Å². The molecule has 0 radical (unpaired) electrons. The van der Waals surface area contributed by atoms with Gasteiger partial charge in [-0.05, 0) is 87.8 Å². The Bertz CT molecular complexity index is 1310. The second-order valence-electron chi connectivity index (χ2n) is 9.13. The van der Waals surface area contributed by atoms with Crippen molar-refractivity contribution in [3.8, 4) is 22.9 Å². The fourth-order valence-corrected chi connectivity index (χ4v) is 5.15. The Morgan fingerprint density at radius 2 is 1.63 bits per heavy atom. The highest BCUT2D eigenvalue weighted by Gasteiger charge is 2.28. The number of aromatic nitrogens is 1. The van der Waals surface area contributed by atoms with Crippen LogP contribution in [0.2, 0.25) is 0 Å². The standard InChI is InChI=1S/C28H35N3O6S/c1-4-35-25-17-21(18-26(36-5-2)27(25)30-15-6-7-16-30)20-31(23-11-13-29-14-12-23)28(32)22-9-8-10-24(19-22)37-38(3,33)34/h6-10,15-19,23,29H,4-5,11-14,20H2,1-3H3. The monoisotopic (exact) mass is 541 g/mol. The number of benzene rings is 2.